The molecular formula is C28H29N5O5. The predicted octanol–water partition coefficient (Wildman–Crippen LogP) is 2.83. The van der Waals surface area contributed by atoms with Crippen molar-refractivity contribution in [1.29, 1.82) is 0 Å². The van der Waals surface area contributed by atoms with E-state index in [-0.39, 0.29) is 35.8 Å². The van der Waals surface area contributed by atoms with Crippen molar-refractivity contribution in [2.75, 3.05) is 13.1 Å². The second-order valence-electron chi connectivity index (χ2n) is 10.0. The Morgan fingerprint density at radius 3 is 2.63 bits per heavy atom. The fraction of sp³-hybridized carbons (Fsp3) is 0.357. The minimum absolute atomic E-state index is 0.0738. The molecule has 3 unspecified atom stereocenters. The van der Waals surface area contributed by atoms with E-state index in [2.05, 4.69) is 15.3 Å². The van der Waals surface area contributed by atoms with E-state index in [0.717, 1.165) is 10.9 Å². The lowest BCUT2D eigenvalue weighted by atomic mass is 10.0. The van der Waals surface area contributed by atoms with Gasteiger partial charge in [-0.3, -0.25) is 24.4 Å². The number of ether oxygens (including phenoxy) is 1. The standard InChI is InChI=1S/C28H29N5O5/c1-17(2)14-22(31-28(37)38-19-8-9-20-18(15-19)6-5-12-29-20)27(36)32-13-10-23-25(32)24(34)16-33(23)26(35)21-7-3-4-11-30-21/h3-9,11-12,15,17,22-23,25H,10,13-14,16H2,1-2H3,(H,31,37). The van der Waals surface area contributed by atoms with Gasteiger partial charge in [0.25, 0.3) is 5.91 Å². The molecule has 0 bridgehead atoms. The average molecular weight is 516 g/mol. The smallest absolute Gasteiger partial charge is 0.410 e. The van der Waals surface area contributed by atoms with Crippen LogP contribution in [0.15, 0.2) is 60.9 Å². The maximum absolute atomic E-state index is 13.7. The molecule has 10 nitrogen and oxygen atoms in total. The molecule has 0 saturated carbocycles. The second-order valence-corrected chi connectivity index (χ2v) is 10.0. The van der Waals surface area contributed by atoms with Gasteiger partial charge in [-0.1, -0.05) is 26.0 Å². The lowest BCUT2D eigenvalue weighted by molar-refractivity contribution is -0.138. The van der Waals surface area contributed by atoms with Crippen LogP contribution in [0.1, 0.15) is 37.2 Å². The number of aromatic nitrogens is 2. The highest BCUT2D eigenvalue weighted by Gasteiger charge is 2.52. The molecule has 0 spiro atoms. The van der Waals surface area contributed by atoms with E-state index in [4.69, 9.17) is 4.74 Å². The Labute approximate surface area is 220 Å². The minimum atomic E-state index is -0.878. The minimum Gasteiger partial charge on any atom is -0.410 e. The van der Waals surface area contributed by atoms with Gasteiger partial charge in [-0.05, 0) is 55.2 Å². The summed E-state index contributed by atoms with van der Waals surface area (Å²) in [5, 5.41) is 3.53. The van der Waals surface area contributed by atoms with Crippen LogP contribution in [-0.4, -0.2) is 74.7 Å². The lowest BCUT2D eigenvalue weighted by Gasteiger charge is -2.28. The van der Waals surface area contributed by atoms with E-state index >= 15 is 0 Å². The molecule has 0 radical (unpaired) electrons. The number of likely N-dealkylation sites (tertiary alicyclic amines) is 2. The summed E-state index contributed by atoms with van der Waals surface area (Å²) in [5.41, 5.74) is 1.03. The maximum Gasteiger partial charge on any atom is 0.413 e. The summed E-state index contributed by atoms with van der Waals surface area (Å²) in [6.45, 7) is 4.14. The van der Waals surface area contributed by atoms with Gasteiger partial charge in [-0.15, -0.1) is 0 Å². The first-order chi connectivity index (χ1) is 18.3. The molecular weight excluding hydrogens is 486 g/mol. The molecule has 196 valence electrons. The Morgan fingerprint density at radius 1 is 1.05 bits per heavy atom. The van der Waals surface area contributed by atoms with E-state index in [9.17, 15) is 19.2 Å². The highest BCUT2D eigenvalue weighted by molar-refractivity contribution is 6.02. The van der Waals surface area contributed by atoms with Gasteiger partial charge in [0, 0.05) is 24.3 Å². The molecule has 10 heteroatoms. The summed E-state index contributed by atoms with van der Waals surface area (Å²) in [6, 6.07) is 11.8. The molecule has 1 N–H and O–H groups in total. The Balaban J connectivity index is 1.29. The zero-order chi connectivity index (χ0) is 26.8. The summed E-state index contributed by atoms with van der Waals surface area (Å²) in [6.07, 6.45) is 3.30. The van der Waals surface area contributed by atoms with Crippen LogP contribution in [0.3, 0.4) is 0 Å². The van der Waals surface area contributed by atoms with E-state index < -0.39 is 24.2 Å². The fourth-order valence-corrected chi connectivity index (χ4v) is 5.26. The van der Waals surface area contributed by atoms with Crippen molar-refractivity contribution in [3.05, 3.63) is 66.6 Å². The number of nitrogens with one attached hydrogen (secondary N) is 1. The first kappa shape index (κ1) is 25.3. The molecule has 3 amide bonds. The summed E-state index contributed by atoms with van der Waals surface area (Å²) >= 11 is 0. The van der Waals surface area contributed by atoms with Crippen molar-refractivity contribution in [3.63, 3.8) is 0 Å². The number of carbonyl (C=O) groups excluding carboxylic acids is 4. The zero-order valence-electron chi connectivity index (χ0n) is 21.2. The van der Waals surface area contributed by atoms with Gasteiger partial charge in [-0.2, -0.15) is 0 Å². The maximum atomic E-state index is 13.7. The largest absolute Gasteiger partial charge is 0.413 e. The number of rotatable bonds is 6. The number of hydrogen-bond acceptors (Lipinski definition) is 7. The van der Waals surface area contributed by atoms with Gasteiger partial charge >= 0.3 is 6.09 Å². The monoisotopic (exact) mass is 515 g/mol. The number of benzene rings is 1. The van der Waals surface area contributed by atoms with Gasteiger partial charge in [0.15, 0.2) is 5.78 Å². The molecule has 3 atom stereocenters. The molecule has 38 heavy (non-hydrogen) atoms. The average Bonchev–Trinajstić information content (AvgIpc) is 3.49. The fourth-order valence-electron chi connectivity index (χ4n) is 5.26. The molecule has 3 aromatic rings. The number of nitrogens with zero attached hydrogens (tertiary/aromatic N) is 4. The van der Waals surface area contributed by atoms with Crippen molar-refractivity contribution in [3.8, 4) is 5.75 Å². The Kier molecular flexibility index (Phi) is 7.04. The Morgan fingerprint density at radius 2 is 1.87 bits per heavy atom. The molecule has 4 heterocycles. The van der Waals surface area contributed by atoms with Gasteiger partial charge in [0.05, 0.1) is 18.1 Å². The summed E-state index contributed by atoms with van der Waals surface area (Å²) in [4.78, 5) is 63.9. The molecule has 2 aromatic heterocycles. The third-order valence-corrected chi connectivity index (χ3v) is 6.93. The quantitative estimate of drug-likeness (QED) is 0.536. The SMILES string of the molecule is CC(C)CC(NC(=O)Oc1ccc2ncccc2c1)C(=O)N1CCC2C1C(=O)CN2C(=O)c1ccccn1. The van der Waals surface area contributed by atoms with Crippen LogP contribution in [0.2, 0.25) is 0 Å². The van der Waals surface area contributed by atoms with Crippen molar-refractivity contribution >= 4 is 34.6 Å². The number of Topliss-reactive ketones (excluding diaryl/α,β-unsaturated/α-hetero) is 1. The Bertz CT molecular complexity index is 1380. The molecule has 1 aromatic carbocycles. The van der Waals surface area contributed by atoms with Crippen LogP contribution < -0.4 is 10.1 Å². The highest BCUT2D eigenvalue weighted by Crippen LogP contribution is 2.31. The molecule has 5 rings (SSSR count). The van der Waals surface area contributed by atoms with Gasteiger partial charge in [0.1, 0.15) is 23.5 Å². The molecule has 2 aliphatic rings. The number of ketones is 1. The lowest BCUT2D eigenvalue weighted by Crippen LogP contribution is -2.53. The van der Waals surface area contributed by atoms with Crippen molar-refractivity contribution < 1.29 is 23.9 Å². The summed E-state index contributed by atoms with van der Waals surface area (Å²) in [7, 11) is 0. The van der Waals surface area contributed by atoms with Gasteiger partial charge in [-0.25, -0.2) is 4.79 Å². The second kappa shape index (κ2) is 10.6. The zero-order valence-corrected chi connectivity index (χ0v) is 21.2. The van der Waals surface area contributed by atoms with Crippen LogP contribution >= 0.6 is 0 Å². The number of amides is 3. The normalized spacial score (nSPS) is 19.5. The molecule has 2 saturated heterocycles. The van der Waals surface area contributed by atoms with Crippen molar-refractivity contribution in [2.45, 2.75) is 44.8 Å². The van der Waals surface area contributed by atoms with E-state index in [1.165, 1.54) is 16.0 Å². The first-order valence-electron chi connectivity index (χ1n) is 12.7. The summed E-state index contributed by atoms with van der Waals surface area (Å²) in [5.74, 6) is -0.454. The third kappa shape index (κ3) is 5.06. The Hall–Kier alpha value is -4.34. The predicted molar refractivity (Wildman–Crippen MR) is 138 cm³/mol. The molecule has 2 aliphatic heterocycles. The van der Waals surface area contributed by atoms with Crippen LogP contribution in [0.25, 0.3) is 10.9 Å². The highest BCUT2D eigenvalue weighted by atomic mass is 16.6. The first-order valence-corrected chi connectivity index (χ1v) is 12.7. The topological polar surface area (TPSA) is 122 Å². The van der Waals surface area contributed by atoms with Gasteiger partial charge < -0.3 is 19.9 Å². The van der Waals surface area contributed by atoms with E-state index in [0.29, 0.717) is 25.1 Å². The van der Waals surface area contributed by atoms with Crippen LogP contribution in [0.4, 0.5) is 4.79 Å². The third-order valence-electron chi connectivity index (χ3n) is 6.93. The number of carbonyl (C=O) groups is 4. The van der Waals surface area contributed by atoms with Crippen LogP contribution in [0, 0.1) is 5.92 Å². The van der Waals surface area contributed by atoms with Gasteiger partial charge in [0.2, 0.25) is 5.91 Å². The van der Waals surface area contributed by atoms with Crippen molar-refractivity contribution in [2.24, 2.45) is 5.92 Å². The molecule has 0 aliphatic carbocycles. The number of pyridine rings is 2. The van der Waals surface area contributed by atoms with Crippen LogP contribution in [-0.2, 0) is 9.59 Å². The summed E-state index contributed by atoms with van der Waals surface area (Å²) < 4.78 is 5.48. The van der Waals surface area contributed by atoms with E-state index in [1.54, 1.807) is 48.7 Å². The number of fused-ring (bicyclic) bond motifs is 2. The molecule has 2 fully saturated rings. The van der Waals surface area contributed by atoms with Crippen LogP contribution in [0.5, 0.6) is 5.75 Å². The van der Waals surface area contributed by atoms with Crippen molar-refractivity contribution in [1.82, 2.24) is 25.1 Å². The van der Waals surface area contributed by atoms with E-state index in [1.807, 2.05) is 19.9 Å². The number of hydrogen-bond donors (Lipinski definition) is 1.